The van der Waals surface area contributed by atoms with Crippen molar-refractivity contribution < 1.29 is 18.7 Å². The maximum absolute atomic E-state index is 13.4. The van der Waals surface area contributed by atoms with Crippen LogP contribution < -0.4 is 4.90 Å². The topological polar surface area (TPSA) is 49.9 Å². The van der Waals surface area contributed by atoms with E-state index in [0.29, 0.717) is 30.9 Å². The van der Waals surface area contributed by atoms with Gasteiger partial charge in [0, 0.05) is 32.5 Å². The number of carbonyl (C=O) groups is 2. The molecular formula is C22H23FN2O3. The summed E-state index contributed by atoms with van der Waals surface area (Å²) >= 11 is 0. The zero-order valence-corrected chi connectivity index (χ0v) is 16.0. The summed E-state index contributed by atoms with van der Waals surface area (Å²) < 4.78 is 18.7. The van der Waals surface area contributed by atoms with E-state index in [0.717, 1.165) is 5.69 Å². The normalized spacial score (nSPS) is 14.2. The molecule has 0 radical (unpaired) electrons. The van der Waals surface area contributed by atoms with Gasteiger partial charge in [0.2, 0.25) is 0 Å². The molecule has 28 heavy (non-hydrogen) atoms. The second-order valence-electron chi connectivity index (χ2n) is 6.44. The van der Waals surface area contributed by atoms with Crippen molar-refractivity contribution in [3.05, 3.63) is 71.7 Å². The van der Waals surface area contributed by atoms with Crippen LogP contribution in [-0.2, 0) is 14.3 Å². The summed E-state index contributed by atoms with van der Waals surface area (Å²) in [6, 6.07) is 15.0. The second kappa shape index (κ2) is 8.80. The Balaban J connectivity index is 1.99. The van der Waals surface area contributed by atoms with Gasteiger partial charge in [-0.25, -0.2) is 4.39 Å². The van der Waals surface area contributed by atoms with Gasteiger partial charge >= 0.3 is 0 Å². The van der Waals surface area contributed by atoms with Gasteiger partial charge in [0.05, 0.1) is 5.57 Å². The standard InChI is InChI=1S/C22H23FN2O3/c1-3-28-15-7-14-25-21(26)19(16-10-12-17(23)13-11-16)20(22(25)27)24(2)18-8-5-4-6-9-18/h4-6,8-13H,3,7,14-15H2,1-2H3. The average Bonchev–Trinajstić information content (AvgIpc) is 2.96. The van der Waals surface area contributed by atoms with Crippen molar-refractivity contribution >= 4 is 23.1 Å². The predicted molar refractivity (Wildman–Crippen MR) is 106 cm³/mol. The van der Waals surface area contributed by atoms with Crippen molar-refractivity contribution in [3.63, 3.8) is 0 Å². The number of benzene rings is 2. The maximum Gasteiger partial charge on any atom is 0.278 e. The molecular weight excluding hydrogens is 359 g/mol. The fraction of sp³-hybridized carbons (Fsp3) is 0.273. The Morgan fingerprint density at radius 3 is 2.32 bits per heavy atom. The Bertz CT molecular complexity index is 878. The van der Waals surface area contributed by atoms with Crippen molar-refractivity contribution in [1.82, 2.24) is 4.90 Å². The highest BCUT2D eigenvalue weighted by Crippen LogP contribution is 2.33. The first kappa shape index (κ1) is 19.8. The number of likely N-dealkylation sites (N-methyl/N-ethyl adjacent to an activating group) is 1. The summed E-state index contributed by atoms with van der Waals surface area (Å²) in [4.78, 5) is 29.2. The molecule has 2 amide bonds. The lowest BCUT2D eigenvalue weighted by molar-refractivity contribution is -0.137. The number of halogens is 1. The quantitative estimate of drug-likeness (QED) is 0.518. The van der Waals surface area contributed by atoms with Crippen LogP contribution in [0.4, 0.5) is 10.1 Å². The summed E-state index contributed by atoms with van der Waals surface area (Å²) in [5.74, 6) is -1.12. The summed E-state index contributed by atoms with van der Waals surface area (Å²) in [6.07, 6.45) is 0.560. The third-order valence-corrected chi connectivity index (χ3v) is 4.63. The highest BCUT2D eigenvalue weighted by molar-refractivity contribution is 6.36. The van der Waals surface area contributed by atoms with Crippen LogP contribution in [0.3, 0.4) is 0 Å². The SMILES string of the molecule is CCOCCCN1C(=O)C(c2ccc(F)cc2)=C(N(C)c2ccccc2)C1=O. The van der Waals surface area contributed by atoms with E-state index in [1.165, 1.54) is 29.2 Å². The minimum atomic E-state index is -0.396. The molecule has 0 aromatic heterocycles. The fourth-order valence-electron chi connectivity index (χ4n) is 3.20. The van der Waals surface area contributed by atoms with Crippen molar-refractivity contribution in [2.75, 3.05) is 31.7 Å². The number of amides is 2. The lowest BCUT2D eigenvalue weighted by Crippen LogP contribution is -2.35. The molecule has 0 atom stereocenters. The van der Waals surface area contributed by atoms with Crippen LogP contribution in [0, 0.1) is 5.82 Å². The van der Waals surface area contributed by atoms with E-state index in [9.17, 15) is 14.0 Å². The Kier molecular flexibility index (Phi) is 6.21. The molecule has 2 aromatic carbocycles. The van der Waals surface area contributed by atoms with E-state index in [2.05, 4.69) is 0 Å². The van der Waals surface area contributed by atoms with Crippen molar-refractivity contribution in [2.45, 2.75) is 13.3 Å². The number of imide groups is 1. The maximum atomic E-state index is 13.4. The molecule has 0 N–H and O–H groups in total. The number of carbonyl (C=O) groups excluding carboxylic acids is 2. The molecule has 0 saturated carbocycles. The number of ether oxygens (including phenoxy) is 1. The number of hydrogen-bond donors (Lipinski definition) is 0. The van der Waals surface area contributed by atoms with E-state index >= 15 is 0 Å². The average molecular weight is 382 g/mol. The van der Waals surface area contributed by atoms with Crippen LogP contribution in [0.2, 0.25) is 0 Å². The molecule has 0 fully saturated rings. The zero-order chi connectivity index (χ0) is 20.1. The van der Waals surface area contributed by atoms with Crippen LogP contribution in [0.5, 0.6) is 0 Å². The van der Waals surface area contributed by atoms with E-state index in [-0.39, 0.29) is 23.9 Å². The second-order valence-corrected chi connectivity index (χ2v) is 6.44. The van der Waals surface area contributed by atoms with Gasteiger partial charge in [-0.05, 0) is 43.2 Å². The third-order valence-electron chi connectivity index (χ3n) is 4.63. The smallest absolute Gasteiger partial charge is 0.278 e. The van der Waals surface area contributed by atoms with Gasteiger partial charge in [-0.15, -0.1) is 0 Å². The van der Waals surface area contributed by atoms with Crippen LogP contribution in [0.25, 0.3) is 5.57 Å². The van der Waals surface area contributed by atoms with Crippen LogP contribution in [0.15, 0.2) is 60.3 Å². The van der Waals surface area contributed by atoms with Crippen molar-refractivity contribution in [2.24, 2.45) is 0 Å². The minimum absolute atomic E-state index is 0.272. The van der Waals surface area contributed by atoms with Crippen molar-refractivity contribution in [3.8, 4) is 0 Å². The molecule has 0 unspecified atom stereocenters. The van der Waals surface area contributed by atoms with Crippen LogP contribution in [-0.4, -0.2) is 43.5 Å². The van der Waals surface area contributed by atoms with E-state index < -0.39 is 5.82 Å². The van der Waals surface area contributed by atoms with Gasteiger partial charge in [0.1, 0.15) is 11.5 Å². The van der Waals surface area contributed by atoms with Gasteiger partial charge in [-0.3, -0.25) is 14.5 Å². The lowest BCUT2D eigenvalue weighted by atomic mass is 10.0. The summed E-state index contributed by atoms with van der Waals surface area (Å²) in [5.41, 5.74) is 1.88. The van der Waals surface area contributed by atoms with E-state index in [1.807, 2.05) is 37.3 Å². The zero-order valence-electron chi connectivity index (χ0n) is 16.0. The largest absolute Gasteiger partial charge is 0.382 e. The molecule has 0 aliphatic carbocycles. The van der Waals surface area contributed by atoms with Crippen molar-refractivity contribution in [1.29, 1.82) is 0 Å². The van der Waals surface area contributed by atoms with Gasteiger partial charge < -0.3 is 9.64 Å². The number of hydrogen-bond acceptors (Lipinski definition) is 4. The van der Waals surface area contributed by atoms with E-state index in [4.69, 9.17) is 4.74 Å². The van der Waals surface area contributed by atoms with E-state index in [1.54, 1.807) is 11.9 Å². The molecule has 5 nitrogen and oxygen atoms in total. The monoisotopic (exact) mass is 382 g/mol. The summed E-state index contributed by atoms with van der Waals surface area (Å²) in [5, 5.41) is 0. The predicted octanol–water partition coefficient (Wildman–Crippen LogP) is 3.47. The Hall–Kier alpha value is -2.99. The summed E-state index contributed by atoms with van der Waals surface area (Å²) in [6.45, 7) is 3.23. The molecule has 1 heterocycles. The fourth-order valence-corrected chi connectivity index (χ4v) is 3.20. The van der Waals surface area contributed by atoms with Gasteiger partial charge in [0.15, 0.2) is 0 Å². The number of anilines is 1. The summed E-state index contributed by atoms with van der Waals surface area (Å²) in [7, 11) is 1.75. The molecule has 0 bridgehead atoms. The van der Waals surface area contributed by atoms with Gasteiger partial charge in [-0.2, -0.15) is 0 Å². The molecule has 3 rings (SSSR count). The number of para-hydroxylation sites is 1. The van der Waals surface area contributed by atoms with Gasteiger partial charge in [0.25, 0.3) is 11.8 Å². The van der Waals surface area contributed by atoms with Gasteiger partial charge in [-0.1, -0.05) is 30.3 Å². The van der Waals surface area contributed by atoms with Crippen LogP contribution >= 0.6 is 0 Å². The first-order valence-electron chi connectivity index (χ1n) is 9.27. The Morgan fingerprint density at radius 1 is 1.00 bits per heavy atom. The first-order valence-corrected chi connectivity index (χ1v) is 9.27. The number of nitrogens with zero attached hydrogens (tertiary/aromatic N) is 2. The highest BCUT2D eigenvalue weighted by atomic mass is 19.1. The number of rotatable bonds is 8. The molecule has 6 heteroatoms. The van der Waals surface area contributed by atoms with Crippen LogP contribution in [0.1, 0.15) is 18.9 Å². The minimum Gasteiger partial charge on any atom is -0.382 e. The Morgan fingerprint density at radius 2 is 1.68 bits per heavy atom. The molecule has 0 saturated heterocycles. The Labute approximate surface area is 164 Å². The molecule has 146 valence electrons. The molecule has 0 spiro atoms. The third kappa shape index (κ3) is 3.97. The lowest BCUT2D eigenvalue weighted by Gasteiger charge is -2.21. The molecule has 2 aromatic rings. The highest BCUT2D eigenvalue weighted by Gasteiger charge is 2.40. The first-order chi connectivity index (χ1) is 13.5. The molecule has 1 aliphatic heterocycles. The molecule has 1 aliphatic rings.